The van der Waals surface area contributed by atoms with Gasteiger partial charge in [0.1, 0.15) is 0 Å². The molecule has 20 heavy (non-hydrogen) atoms. The molecule has 1 fully saturated rings. The van der Waals surface area contributed by atoms with Gasteiger partial charge in [-0.05, 0) is 43.2 Å². The third kappa shape index (κ3) is 4.34. The van der Waals surface area contributed by atoms with Crippen molar-refractivity contribution >= 4 is 0 Å². The van der Waals surface area contributed by atoms with E-state index < -0.39 is 0 Å². The van der Waals surface area contributed by atoms with Gasteiger partial charge in [0.2, 0.25) is 0 Å². The summed E-state index contributed by atoms with van der Waals surface area (Å²) in [5.74, 6) is 1.85. The molecule has 1 nitrogen and oxygen atoms in total. The first kappa shape index (κ1) is 15.6. The minimum Gasteiger partial charge on any atom is -0.314 e. The van der Waals surface area contributed by atoms with Gasteiger partial charge in [-0.15, -0.1) is 0 Å². The van der Waals surface area contributed by atoms with Crippen LogP contribution in [0.1, 0.15) is 57.9 Å². The number of hydrogen-bond donors (Lipinski definition) is 1. The molecule has 1 aliphatic carbocycles. The summed E-state index contributed by atoms with van der Waals surface area (Å²) >= 11 is 0. The predicted molar refractivity (Wildman–Crippen MR) is 88.0 cm³/mol. The van der Waals surface area contributed by atoms with Gasteiger partial charge in [0.05, 0.1) is 0 Å². The number of benzene rings is 1. The standard InChI is InChI=1S/C19H31N/c1-3-17-12-8-9-13-18(17)19(20-4-2)15-14-16-10-6-5-7-11-16/h5-7,10-11,17-20H,3-4,8-9,12-15H2,1-2H3. The maximum atomic E-state index is 3.79. The molecule has 1 N–H and O–H groups in total. The smallest absolute Gasteiger partial charge is 0.0101 e. The van der Waals surface area contributed by atoms with E-state index in [-0.39, 0.29) is 0 Å². The van der Waals surface area contributed by atoms with Crippen molar-refractivity contribution in [2.45, 2.75) is 64.8 Å². The molecule has 1 aromatic carbocycles. The van der Waals surface area contributed by atoms with Crippen molar-refractivity contribution in [3.8, 4) is 0 Å². The summed E-state index contributed by atoms with van der Waals surface area (Å²) in [6.45, 7) is 5.73. The Hall–Kier alpha value is -0.820. The quantitative estimate of drug-likeness (QED) is 0.751. The lowest BCUT2D eigenvalue weighted by Gasteiger charge is -2.37. The minimum absolute atomic E-state index is 0.713. The van der Waals surface area contributed by atoms with E-state index >= 15 is 0 Å². The lowest BCUT2D eigenvalue weighted by atomic mass is 9.73. The van der Waals surface area contributed by atoms with Gasteiger partial charge in [0, 0.05) is 6.04 Å². The third-order valence-electron chi connectivity index (χ3n) is 5.06. The molecule has 1 heteroatoms. The Bertz CT molecular complexity index is 359. The lowest BCUT2D eigenvalue weighted by Crippen LogP contribution is -2.41. The summed E-state index contributed by atoms with van der Waals surface area (Å²) in [5, 5.41) is 3.79. The molecular weight excluding hydrogens is 242 g/mol. The fraction of sp³-hybridized carbons (Fsp3) is 0.684. The topological polar surface area (TPSA) is 12.0 Å². The summed E-state index contributed by atoms with van der Waals surface area (Å²) in [6, 6.07) is 11.7. The first-order valence-electron chi connectivity index (χ1n) is 8.62. The molecule has 0 spiro atoms. The van der Waals surface area contributed by atoms with Gasteiger partial charge in [-0.3, -0.25) is 0 Å². The van der Waals surface area contributed by atoms with Gasteiger partial charge in [-0.2, -0.15) is 0 Å². The van der Waals surface area contributed by atoms with Crippen LogP contribution in [0.3, 0.4) is 0 Å². The number of nitrogens with one attached hydrogen (secondary N) is 1. The lowest BCUT2D eigenvalue weighted by molar-refractivity contribution is 0.170. The summed E-state index contributed by atoms with van der Waals surface area (Å²) in [7, 11) is 0. The van der Waals surface area contributed by atoms with Crippen LogP contribution in [0.15, 0.2) is 30.3 Å². The molecule has 0 heterocycles. The van der Waals surface area contributed by atoms with Gasteiger partial charge in [-0.25, -0.2) is 0 Å². The monoisotopic (exact) mass is 273 g/mol. The van der Waals surface area contributed by atoms with E-state index in [9.17, 15) is 0 Å². The predicted octanol–water partition coefficient (Wildman–Crippen LogP) is 4.81. The van der Waals surface area contributed by atoms with E-state index in [1.54, 1.807) is 0 Å². The average molecular weight is 273 g/mol. The van der Waals surface area contributed by atoms with Crippen LogP contribution < -0.4 is 5.32 Å². The molecule has 2 rings (SSSR count). The van der Waals surface area contributed by atoms with Crippen LogP contribution in [0, 0.1) is 11.8 Å². The molecule has 0 amide bonds. The zero-order chi connectivity index (χ0) is 14.2. The van der Waals surface area contributed by atoms with Crippen LogP contribution >= 0.6 is 0 Å². The Morgan fingerprint density at radius 2 is 1.85 bits per heavy atom. The molecule has 1 saturated carbocycles. The minimum atomic E-state index is 0.713. The van der Waals surface area contributed by atoms with E-state index in [0.29, 0.717) is 6.04 Å². The summed E-state index contributed by atoms with van der Waals surface area (Å²) < 4.78 is 0. The Morgan fingerprint density at radius 1 is 1.10 bits per heavy atom. The molecule has 112 valence electrons. The van der Waals surface area contributed by atoms with Crippen molar-refractivity contribution in [3.05, 3.63) is 35.9 Å². The maximum Gasteiger partial charge on any atom is 0.0101 e. The largest absolute Gasteiger partial charge is 0.314 e. The molecular formula is C19H31N. The van der Waals surface area contributed by atoms with E-state index in [1.165, 1.54) is 50.5 Å². The highest BCUT2D eigenvalue weighted by molar-refractivity contribution is 5.14. The van der Waals surface area contributed by atoms with E-state index in [0.717, 1.165) is 18.4 Å². The van der Waals surface area contributed by atoms with E-state index in [1.807, 2.05) is 0 Å². The second kappa shape index (κ2) is 8.46. The molecule has 3 atom stereocenters. The van der Waals surface area contributed by atoms with Gasteiger partial charge in [-0.1, -0.05) is 69.9 Å². The Labute approximate surface area is 125 Å². The normalized spacial score (nSPS) is 24.5. The molecule has 0 saturated heterocycles. The van der Waals surface area contributed by atoms with Crippen molar-refractivity contribution in [1.82, 2.24) is 5.32 Å². The maximum absolute atomic E-state index is 3.79. The first-order valence-corrected chi connectivity index (χ1v) is 8.62. The Morgan fingerprint density at radius 3 is 2.55 bits per heavy atom. The fourth-order valence-electron chi connectivity index (χ4n) is 3.97. The van der Waals surface area contributed by atoms with E-state index in [2.05, 4.69) is 49.5 Å². The van der Waals surface area contributed by atoms with Crippen LogP contribution in [0.2, 0.25) is 0 Å². The highest BCUT2D eigenvalue weighted by Gasteiger charge is 2.29. The molecule has 0 aliphatic heterocycles. The van der Waals surface area contributed by atoms with Crippen LogP contribution in [0.4, 0.5) is 0 Å². The van der Waals surface area contributed by atoms with Gasteiger partial charge in [0.15, 0.2) is 0 Å². The molecule has 0 bridgehead atoms. The fourth-order valence-corrected chi connectivity index (χ4v) is 3.97. The second-order valence-corrected chi connectivity index (χ2v) is 6.31. The van der Waals surface area contributed by atoms with Crippen LogP contribution in [-0.4, -0.2) is 12.6 Å². The summed E-state index contributed by atoms with van der Waals surface area (Å²) in [5.41, 5.74) is 1.49. The molecule has 1 aromatic rings. The molecule has 3 unspecified atom stereocenters. The Kier molecular flexibility index (Phi) is 6.59. The summed E-state index contributed by atoms with van der Waals surface area (Å²) in [6.07, 6.45) is 9.64. The van der Waals surface area contributed by atoms with Crippen LogP contribution in [0.25, 0.3) is 0 Å². The molecule has 0 radical (unpaired) electrons. The number of aryl methyl sites for hydroxylation is 1. The van der Waals surface area contributed by atoms with Crippen molar-refractivity contribution in [3.63, 3.8) is 0 Å². The van der Waals surface area contributed by atoms with Crippen molar-refractivity contribution in [2.24, 2.45) is 11.8 Å². The second-order valence-electron chi connectivity index (χ2n) is 6.31. The highest BCUT2D eigenvalue weighted by Crippen LogP contribution is 2.35. The number of rotatable bonds is 7. The highest BCUT2D eigenvalue weighted by atomic mass is 14.9. The summed E-state index contributed by atoms with van der Waals surface area (Å²) in [4.78, 5) is 0. The number of hydrogen-bond acceptors (Lipinski definition) is 1. The van der Waals surface area contributed by atoms with Crippen molar-refractivity contribution in [2.75, 3.05) is 6.54 Å². The molecule has 0 aromatic heterocycles. The Balaban J connectivity index is 1.94. The van der Waals surface area contributed by atoms with Crippen LogP contribution in [-0.2, 0) is 6.42 Å². The van der Waals surface area contributed by atoms with Gasteiger partial charge in [0.25, 0.3) is 0 Å². The van der Waals surface area contributed by atoms with Crippen molar-refractivity contribution in [1.29, 1.82) is 0 Å². The van der Waals surface area contributed by atoms with Gasteiger partial charge >= 0.3 is 0 Å². The molecule has 1 aliphatic rings. The average Bonchev–Trinajstić information content (AvgIpc) is 2.52. The van der Waals surface area contributed by atoms with Crippen LogP contribution in [0.5, 0.6) is 0 Å². The van der Waals surface area contributed by atoms with Crippen molar-refractivity contribution < 1.29 is 0 Å². The third-order valence-corrected chi connectivity index (χ3v) is 5.06. The zero-order valence-electron chi connectivity index (χ0n) is 13.3. The first-order chi connectivity index (χ1) is 9.85. The zero-order valence-corrected chi connectivity index (χ0v) is 13.3. The van der Waals surface area contributed by atoms with E-state index in [4.69, 9.17) is 0 Å². The SMILES string of the molecule is CCNC(CCc1ccccc1)C1CCCCC1CC. The van der Waals surface area contributed by atoms with Gasteiger partial charge < -0.3 is 5.32 Å².